The molecule has 1 saturated carbocycles. The van der Waals surface area contributed by atoms with Crippen LogP contribution in [0.3, 0.4) is 0 Å². The Labute approximate surface area is 259 Å². The molecule has 2 aliphatic carbocycles. The summed E-state index contributed by atoms with van der Waals surface area (Å²) in [4.78, 5) is 29.5. The standard InChI is InChI=1S/C35H40FN3O4S/c36-30-16-11-28(12-17-30)25-39(33(40)22-15-27-13-20-32(21-14-27)44(42,43)38-31-18-19-31)34(29-9-5-2-6-10-29)35(41)37-24-23-26-7-3-1-4-8-26/h2,5-7,9-14,16-17,20-21,31,34,38H,1,3-4,8,15,18-19,22-25H2,(H,37,41). The smallest absolute Gasteiger partial charge is 0.247 e. The molecule has 1 atom stereocenters. The molecule has 1 unspecified atom stereocenters. The van der Waals surface area contributed by atoms with Gasteiger partial charge in [-0.15, -0.1) is 0 Å². The lowest BCUT2D eigenvalue weighted by Crippen LogP contribution is -2.43. The van der Waals surface area contributed by atoms with Crippen LogP contribution in [0.1, 0.15) is 74.1 Å². The largest absolute Gasteiger partial charge is 0.354 e. The van der Waals surface area contributed by atoms with Gasteiger partial charge < -0.3 is 10.2 Å². The average molecular weight is 618 g/mol. The Morgan fingerprint density at radius 2 is 1.59 bits per heavy atom. The van der Waals surface area contributed by atoms with Gasteiger partial charge in [0.1, 0.15) is 11.9 Å². The molecule has 2 amide bonds. The highest BCUT2D eigenvalue weighted by atomic mass is 32.2. The molecule has 2 N–H and O–H groups in total. The number of benzene rings is 3. The first-order valence-corrected chi connectivity index (χ1v) is 16.9. The number of hydrogen-bond acceptors (Lipinski definition) is 4. The number of halogens is 1. The fourth-order valence-corrected chi connectivity index (χ4v) is 6.82. The molecule has 7 nitrogen and oxygen atoms in total. The van der Waals surface area contributed by atoms with Crippen molar-refractivity contribution in [1.29, 1.82) is 0 Å². The van der Waals surface area contributed by atoms with E-state index in [2.05, 4.69) is 16.1 Å². The van der Waals surface area contributed by atoms with Crippen molar-refractivity contribution in [2.24, 2.45) is 0 Å². The van der Waals surface area contributed by atoms with E-state index in [4.69, 9.17) is 0 Å². The summed E-state index contributed by atoms with van der Waals surface area (Å²) in [6.07, 6.45) is 9.73. The van der Waals surface area contributed by atoms with E-state index in [1.54, 1.807) is 41.3 Å². The van der Waals surface area contributed by atoms with E-state index >= 15 is 0 Å². The number of sulfonamides is 1. The number of allylic oxidation sites excluding steroid dienone is 1. The van der Waals surface area contributed by atoms with E-state index in [1.807, 2.05) is 30.3 Å². The van der Waals surface area contributed by atoms with Gasteiger partial charge in [-0.1, -0.05) is 66.2 Å². The summed E-state index contributed by atoms with van der Waals surface area (Å²) in [7, 11) is -3.56. The van der Waals surface area contributed by atoms with Crippen molar-refractivity contribution in [3.8, 4) is 0 Å². The molecule has 3 aromatic carbocycles. The molecule has 0 aliphatic heterocycles. The van der Waals surface area contributed by atoms with Gasteiger partial charge in [-0.25, -0.2) is 17.5 Å². The zero-order chi connectivity index (χ0) is 30.9. The predicted octanol–water partition coefficient (Wildman–Crippen LogP) is 5.98. The van der Waals surface area contributed by atoms with Crippen LogP contribution >= 0.6 is 0 Å². The van der Waals surface area contributed by atoms with Crippen molar-refractivity contribution in [2.75, 3.05) is 6.54 Å². The maximum absolute atomic E-state index is 13.9. The highest BCUT2D eigenvalue weighted by Gasteiger charge is 2.32. The minimum absolute atomic E-state index is 0.0171. The van der Waals surface area contributed by atoms with Crippen LogP contribution in [0.15, 0.2) is 95.4 Å². The van der Waals surface area contributed by atoms with Crippen molar-refractivity contribution >= 4 is 21.8 Å². The van der Waals surface area contributed by atoms with Crippen LogP contribution in [0, 0.1) is 5.82 Å². The molecule has 9 heteroatoms. The maximum atomic E-state index is 13.9. The van der Waals surface area contributed by atoms with Gasteiger partial charge in [0.05, 0.1) is 4.90 Å². The fourth-order valence-electron chi connectivity index (χ4n) is 5.51. The number of carbonyl (C=O) groups is 2. The first-order valence-electron chi connectivity index (χ1n) is 15.4. The Kier molecular flexibility index (Phi) is 10.6. The number of carbonyl (C=O) groups excluding carboxylic acids is 2. The number of amides is 2. The van der Waals surface area contributed by atoms with Gasteiger partial charge in [0, 0.05) is 25.6 Å². The van der Waals surface area contributed by atoms with Gasteiger partial charge in [-0.05, 0) is 92.3 Å². The Balaban J connectivity index is 1.33. The second kappa shape index (κ2) is 14.8. The van der Waals surface area contributed by atoms with E-state index < -0.39 is 16.1 Å². The van der Waals surface area contributed by atoms with Crippen LogP contribution in [0.25, 0.3) is 0 Å². The third kappa shape index (κ3) is 8.86. The van der Waals surface area contributed by atoms with Gasteiger partial charge >= 0.3 is 0 Å². The van der Waals surface area contributed by atoms with Gasteiger partial charge in [-0.3, -0.25) is 9.59 Å². The SMILES string of the molecule is O=C(NCCC1=CCCCC1)C(c1ccccc1)N(Cc1ccc(F)cc1)C(=O)CCc1ccc(S(=O)(=O)NC2CC2)cc1. The second-order valence-electron chi connectivity index (χ2n) is 11.7. The van der Waals surface area contributed by atoms with E-state index in [0.717, 1.165) is 37.7 Å². The molecular weight excluding hydrogens is 577 g/mol. The predicted molar refractivity (Wildman–Crippen MR) is 168 cm³/mol. The molecule has 3 aromatic rings. The monoisotopic (exact) mass is 617 g/mol. The molecule has 0 bridgehead atoms. The van der Waals surface area contributed by atoms with Crippen molar-refractivity contribution in [3.63, 3.8) is 0 Å². The van der Waals surface area contributed by atoms with Crippen molar-refractivity contribution in [2.45, 2.75) is 81.3 Å². The van der Waals surface area contributed by atoms with Crippen molar-refractivity contribution in [1.82, 2.24) is 14.9 Å². The van der Waals surface area contributed by atoms with Crippen LogP contribution in [-0.2, 0) is 32.6 Å². The van der Waals surface area contributed by atoms with Crippen LogP contribution in [0.5, 0.6) is 0 Å². The third-order valence-corrected chi connectivity index (χ3v) is 9.69. The minimum atomic E-state index is -3.56. The Hall–Kier alpha value is -3.82. The zero-order valence-corrected chi connectivity index (χ0v) is 25.7. The van der Waals surface area contributed by atoms with E-state index in [0.29, 0.717) is 24.1 Å². The summed E-state index contributed by atoms with van der Waals surface area (Å²) in [5.41, 5.74) is 3.56. The highest BCUT2D eigenvalue weighted by Crippen LogP contribution is 2.27. The van der Waals surface area contributed by atoms with Crippen LogP contribution in [0.4, 0.5) is 4.39 Å². The number of nitrogens with one attached hydrogen (secondary N) is 2. The summed E-state index contributed by atoms with van der Waals surface area (Å²) in [5, 5.41) is 3.07. The van der Waals surface area contributed by atoms with Gasteiger partial charge in [0.25, 0.3) is 0 Å². The normalized spacial score (nSPS) is 15.7. The molecule has 0 aromatic heterocycles. The fraction of sp³-hybridized carbons (Fsp3) is 0.371. The summed E-state index contributed by atoms with van der Waals surface area (Å²) in [6, 6.07) is 20.9. The van der Waals surface area contributed by atoms with Crippen LogP contribution < -0.4 is 10.0 Å². The van der Waals surface area contributed by atoms with E-state index in [9.17, 15) is 22.4 Å². The van der Waals surface area contributed by atoms with Crippen LogP contribution in [0.2, 0.25) is 0 Å². The van der Waals surface area contributed by atoms with Crippen molar-refractivity contribution < 1.29 is 22.4 Å². The zero-order valence-electron chi connectivity index (χ0n) is 24.9. The quantitative estimate of drug-likeness (QED) is 0.218. The molecule has 232 valence electrons. The number of rotatable bonds is 14. The first kappa shape index (κ1) is 31.6. The Morgan fingerprint density at radius 1 is 0.886 bits per heavy atom. The van der Waals surface area contributed by atoms with Gasteiger partial charge in [-0.2, -0.15) is 0 Å². The summed E-state index contributed by atoms with van der Waals surface area (Å²) < 4.78 is 41.5. The first-order chi connectivity index (χ1) is 21.3. The number of hydrogen-bond donors (Lipinski definition) is 2. The summed E-state index contributed by atoms with van der Waals surface area (Å²) in [6.45, 7) is 0.610. The maximum Gasteiger partial charge on any atom is 0.247 e. The minimum Gasteiger partial charge on any atom is -0.354 e. The highest BCUT2D eigenvalue weighted by molar-refractivity contribution is 7.89. The van der Waals surface area contributed by atoms with Gasteiger partial charge in [0.15, 0.2) is 0 Å². The molecule has 0 radical (unpaired) electrons. The van der Waals surface area contributed by atoms with Gasteiger partial charge in [0.2, 0.25) is 21.8 Å². The molecule has 2 aliphatic rings. The second-order valence-corrected chi connectivity index (χ2v) is 13.4. The van der Waals surface area contributed by atoms with E-state index in [1.165, 1.54) is 30.5 Å². The molecule has 0 heterocycles. The Morgan fingerprint density at radius 3 is 2.25 bits per heavy atom. The molecule has 44 heavy (non-hydrogen) atoms. The van der Waals surface area contributed by atoms with Crippen molar-refractivity contribution in [3.05, 3.63) is 113 Å². The molecule has 1 fully saturated rings. The van der Waals surface area contributed by atoms with Crippen LogP contribution in [-0.4, -0.2) is 37.7 Å². The topological polar surface area (TPSA) is 95.6 Å². The summed E-state index contributed by atoms with van der Waals surface area (Å²) >= 11 is 0. The number of aryl methyl sites for hydroxylation is 1. The molecule has 0 saturated heterocycles. The molecule has 5 rings (SSSR count). The lowest BCUT2D eigenvalue weighted by atomic mass is 9.97. The lowest BCUT2D eigenvalue weighted by Gasteiger charge is -2.32. The number of nitrogens with zero attached hydrogens (tertiary/aromatic N) is 1. The lowest BCUT2D eigenvalue weighted by molar-refractivity contribution is -0.141. The average Bonchev–Trinajstić information content (AvgIpc) is 3.85. The third-order valence-electron chi connectivity index (χ3n) is 8.15. The van der Waals surface area contributed by atoms with E-state index in [-0.39, 0.29) is 41.5 Å². The summed E-state index contributed by atoms with van der Waals surface area (Å²) in [5.74, 6) is -0.875. The molecule has 0 spiro atoms. The Bertz CT molecular complexity index is 1550. The molecular formula is C35H40FN3O4S.